The lowest BCUT2D eigenvalue weighted by Gasteiger charge is -2.20. The van der Waals surface area contributed by atoms with Gasteiger partial charge in [-0.1, -0.05) is 17.7 Å². The minimum atomic E-state index is -3.95. The van der Waals surface area contributed by atoms with Crippen molar-refractivity contribution in [2.75, 3.05) is 18.5 Å². The van der Waals surface area contributed by atoms with Crippen LogP contribution in [0.25, 0.3) is 5.57 Å². The van der Waals surface area contributed by atoms with Crippen LogP contribution < -0.4 is 9.62 Å². The van der Waals surface area contributed by atoms with Gasteiger partial charge >= 0.3 is 0 Å². The van der Waals surface area contributed by atoms with Gasteiger partial charge in [-0.15, -0.1) is 11.3 Å². The van der Waals surface area contributed by atoms with E-state index in [4.69, 9.17) is 11.6 Å². The average Bonchev–Trinajstić information content (AvgIpc) is 3.44. The molecule has 1 aliphatic heterocycles. The molecular weight excluding hydrogens is 539 g/mol. The smallest absolute Gasteiger partial charge is 0.254 e. The summed E-state index contributed by atoms with van der Waals surface area (Å²) in [6.45, 7) is 2.01. The summed E-state index contributed by atoms with van der Waals surface area (Å²) >= 11 is 7.16. The zero-order chi connectivity index (χ0) is 26.7. The van der Waals surface area contributed by atoms with Crippen molar-refractivity contribution in [3.05, 3.63) is 86.4 Å². The molecule has 1 unspecified atom stereocenters. The number of thiophene rings is 1. The van der Waals surface area contributed by atoms with E-state index in [1.165, 1.54) is 33.3 Å². The number of benzene rings is 1. The monoisotopic (exact) mass is 562 g/mol. The van der Waals surface area contributed by atoms with Crippen LogP contribution in [0.1, 0.15) is 34.3 Å². The van der Waals surface area contributed by atoms with Crippen molar-refractivity contribution in [2.45, 2.75) is 25.9 Å². The summed E-state index contributed by atoms with van der Waals surface area (Å²) in [7, 11) is -2.36. The molecule has 0 aliphatic carbocycles. The molecule has 0 spiro atoms. The summed E-state index contributed by atoms with van der Waals surface area (Å²) in [4.78, 5) is 33.2. The number of nitrogens with zero attached hydrogens (tertiary/aromatic N) is 3. The van der Waals surface area contributed by atoms with E-state index in [-0.39, 0.29) is 30.8 Å². The first-order chi connectivity index (χ1) is 17.5. The number of amides is 2. The Labute approximate surface area is 223 Å². The van der Waals surface area contributed by atoms with E-state index in [1.54, 1.807) is 44.4 Å². The number of pyridine rings is 1. The molecule has 0 saturated carbocycles. The maximum Gasteiger partial charge on any atom is 0.254 e. The fourth-order valence-corrected chi connectivity index (χ4v) is 6.33. The largest absolute Gasteiger partial charge is 0.336 e. The topological polar surface area (TPSA) is 99.7 Å². The van der Waals surface area contributed by atoms with Crippen LogP contribution in [0.5, 0.6) is 0 Å². The first kappa shape index (κ1) is 26.9. The van der Waals surface area contributed by atoms with Gasteiger partial charge in [-0.3, -0.25) is 14.6 Å². The second kappa shape index (κ2) is 11.1. The lowest BCUT2D eigenvalue weighted by molar-refractivity contribution is -0.118. The van der Waals surface area contributed by atoms with Crippen LogP contribution in [-0.4, -0.2) is 49.8 Å². The number of hydrogen-bond acceptors (Lipinski definition) is 6. The normalized spacial score (nSPS) is 16.3. The quantitative estimate of drug-likeness (QED) is 0.441. The Hall–Kier alpha value is -3.12. The van der Waals surface area contributed by atoms with Gasteiger partial charge in [0, 0.05) is 30.2 Å². The van der Waals surface area contributed by atoms with Crippen LogP contribution in [0.2, 0.25) is 4.34 Å². The number of carbonyl (C=O) groups is 2. The fourth-order valence-electron chi connectivity index (χ4n) is 3.96. The predicted octanol–water partition coefficient (Wildman–Crippen LogP) is 4.29. The lowest BCUT2D eigenvalue weighted by Crippen LogP contribution is -2.41. The molecule has 0 radical (unpaired) electrons. The Kier molecular flexibility index (Phi) is 8.08. The molecule has 1 atom stereocenters. The van der Waals surface area contributed by atoms with Crippen LogP contribution in [0, 0.1) is 5.82 Å². The summed E-state index contributed by atoms with van der Waals surface area (Å²) in [5.74, 6) is -1.72. The molecule has 12 heteroatoms. The third-order valence-electron chi connectivity index (χ3n) is 5.76. The van der Waals surface area contributed by atoms with Crippen molar-refractivity contribution >= 4 is 56.0 Å². The molecule has 0 bridgehead atoms. The fraction of sp³-hybridized carbons (Fsp3) is 0.240. The number of anilines is 1. The van der Waals surface area contributed by atoms with Gasteiger partial charge in [0.1, 0.15) is 11.9 Å². The number of rotatable bonds is 8. The average molecular weight is 563 g/mol. The van der Waals surface area contributed by atoms with Crippen molar-refractivity contribution in [1.29, 1.82) is 0 Å². The summed E-state index contributed by atoms with van der Waals surface area (Å²) in [5, 5.41) is 1.05. The Morgan fingerprint density at radius 1 is 1.30 bits per heavy atom. The highest BCUT2D eigenvalue weighted by Gasteiger charge is 2.36. The van der Waals surface area contributed by atoms with Gasteiger partial charge in [-0.2, -0.15) is 4.72 Å². The number of aromatic nitrogens is 1. The highest BCUT2D eigenvalue weighted by molar-refractivity contribution is 7.92. The van der Waals surface area contributed by atoms with Gasteiger partial charge in [-0.25, -0.2) is 12.8 Å². The molecule has 1 saturated heterocycles. The second-order valence-electron chi connectivity index (χ2n) is 8.55. The second-order valence-corrected chi connectivity index (χ2v) is 11.8. The number of halogens is 2. The molecule has 1 N–H and O–H groups in total. The summed E-state index contributed by atoms with van der Waals surface area (Å²) in [5.41, 5.74) is 1.27. The molecular formula is C25H24ClFN4O4S2. The van der Waals surface area contributed by atoms with Gasteiger partial charge in [0.05, 0.1) is 27.7 Å². The van der Waals surface area contributed by atoms with Gasteiger partial charge in [0.15, 0.2) is 0 Å². The van der Waals surface area contributed by atoms with Crippen LogP contribution in [-0.2, 0) is 21.4 Å². The lowest BCUT2D eigenvalue weighted by atomic mass is 10.1. The highest BCUT2D eigenvalue weighted by atomic mass is 35.5. The number of sulfonamides is 1. The number of allylic oxidation sites excluding steroid dienone is 1. The van der Waals surface area contributed by atoms with Gasteiger partial charge in [0.2, 0.25) is 15.9 Å². The maximum absolute atomic E-state index is 15.0. The molecule has 3 heterocycles. The Morgan fingerprint density at radius 3 is 2.73 bits per heavy atom. The van der Waals surface area contributed by atoms with Crippen LogP contribution in [0.15, 0.2) is 60.1 Å². The van der Waals surface area contributed by atoms with Crippen molar-refractivity contribution in [3.63, 3.8) is 0 Å². The standard InChI is InChI=1S/C25H24ClFN4O4S2/c1-16(22-8-9-23(26)36-22)15-37(34,35)29-20-10-12-31(25(20)33)21-7-6-17(13-19(21)27)24(32)30(2)14-18-5-3-4-11-28-18/h3-9,11,13,15,20,29H,10,12,14H2,1-2H3/b16-15+. The predicted molar refractivity (Wildman–Crippen MR) is 142 cm³/mol. The molecule has 4 rings (SSSR count). The third-order valence-corrected chi connectivity index (χ3v) is 8.41. The van der Waals surface area contributed by atoms with Crippen LogP contribution >= 0.6 is 22.9 Å². The Morgan fingerprint density at radius 2 is 2.08 bits per heavy atom. The Balaban J connectivity index is 1.43. The van der Waals surface area contributed by atoms with E-state index in [0.717, 1.165) is 11.5 Å². The van der Waals surface area contributed by atoms with E-state index < -0.39 is 33.7 Å². The van der Waals surface area contributed by atoms with Gasteiger partial charge < -0.3 is 9.80 Å². The van der Waals surface area contributed by atoms with Gasteiger partial charge in [-0.05, 0) is 61.4 Å². The highest BCUT2D eigenvalue weighted by Crippen LogP contribution is 2.29. The first-order valence-corrected chi connectivity index (χ1v) is 14.0. The number of nitrogens with one attached hydrogen (secondary N) is 1. The number of hydrogen-bond donors (Lipinski definition) is 1. The van der Waals surface area contributed by atoms with Crippen molar-refractivity contribution in [2.24, 2.45) is 0 Å². The first-order valence-electron chi connectivity index (χ1n) is 11.3. The minimum Gasteiger partial charge on any atom is -0.336 e. The van der Waals surface area contributed by atoms with E-state index in [2.05, 4.69) is 9.71 Å². The molecule has 1 fully saturated rings. The SMILES string of the molecule is C/C(=C\S(=O)(=O)NC1CCN(c2ccc(C(=O)N(C)Cc3ccccn3)cc2F)C1=O)c1ccc(Cl)s1. The van der Waals surface area contributed by atoms with E-state index in [0.29, 0.717) is 20.5 Å². The van der Waals surface area contributed by atoms with Crippen LogP contribution in [0.4, 0.5) is 10.1 Å². The molecule has 8 nitrogen and oxygen atoms in total. The summed E-state index contributed by atoms with van der Waals surface area (Å²) in [6.07, 6.45) is 1.79. The van der Waals surface area contributed by atoms with Crippen molar-refractivity contribution in [3.8, 4) is 0 Å². The van der Waals surface area contributed by atoms with E-state index in [1.807, 2.05) is 6.07 Å². The van der Waals surface area contributed by atoms with Crippen LogP contribution in [0.3, 0.4) is 0 Å². The molecule has 37 heavy (non-hydrogen) atoms. The Bertz CT molecular complexity index is 1460. The van der Waals surface area contributed by atoms with E-state index in [9.17, 15) is 18.0 Å². The molecule has 194 valence electrons. The minimum absolute atomic E-state index is 0.0180. The molecule has 3 aromatic rings. The van der Waals surface area contributed by atoms with Gasteiger partial charge in [0.25, 0.3) is 5.91 Å². The molecule has 2 amide bonds. The van der Waals surface area contributed by atoms with Crippen molar-refractivity contribution < 1.29 is 22.4 Å². The summed E-state index contributed by atoms with van der Waals surface area (Å²) in [6, 6.07) is 11.6. The van der Waals surface area contributed by atoms with Crippen molar-refractivity contribution in [1.82, 2.24) is 14.6 Å². The number of carbonyl (C=O) groups excluding carboxylic acids is 2. The summed E-state index contributed by atoms with van der Waals surface area (Å²) < 4.78 is 43.2. The molecule has 1 aliphatic rings. The maximum atomic E-state index is 15.0. The molecule has 2 aromatic heterocycles. The third kappa shape index (κ3) is 6.42. The van der Waals surface area contributed by atoms with E-state index >= 15 is 4.39 Å². The molecule has 1 aromatic carbocycles. The zero-order valence-corrected chi connectivity index (χ0v) is 22.4. The zero-order valence-electron chi connectivity index (χ0n) is 20.0.